The van der Waals surface area contributed by atoms with Crippen molar-refractivity contribution in [2.24, 2.45) is 0 Å². The molecule has 1 aliphatic heterocycles. The average molecular weight is 432 g/mol. The highest BCUT2D eigenvalue weighted by Crippen LogP contribution is 2.40. The van der Waals surface area contributed by atoms with E-state index in [0.717, 1.165) is 16.6 Å². The van der Waals surface area contributed by atoms with Crippen LogP contribution in [-0.4, -0.2) is 35.8 Å². The van der Waals surface area contributed by atoms with E-state index < -0.39 is 12.0 Å². The molecule has 4 rings (SSSR count). The number of ether oxygens (including phenoxy) is 2. The van der Waals surface area contributed by atoms with Gasteiger partial charge in [0.15, 0.2) is 0 Å². The van der Waals surface area contributed by atoms with Gasteiger partial charge in [-0.05, 0) is 36.8 Å². The second kappa shape index (κ2) is 8.06. The van der Waals surface area contributed by atoms with Crippen LogP contribution in [0.3, 0.4) is 0 Å². The van der Waals surface area contributed by atoms with Crippen LogP contribution in [0.2, 0.25) is 10.0 Å². The number of nitrogens with one attached hydrogen (secondary N) is 1. The Hall–Kier alpha value is -2.54. The molecule has 0 radical (unpaired) electrons. The number of aromatic nitrogens is 2. The van der Waals surface area contributed by atoms with Crippen molar-refractivity contribution in [3.63, 3.8) is 0 Å². The molecule has 8 heteroatoms. The first kappa shape index (κ1) is 19.8. The van der Waals surface area contributed by atoms with Gasteiger partial charge in [-0.3, -0.25) is 4.57 Å². The monoisotopic (exact) mass is 431 g/mol. The number of benzene rings is 2. The summed E-state index contributed by atoms with van der Waals surface area (Å²) in [5.74, 6) is 0.222. The molecule has 0 fully saturated rings. The number of methoxy groups -OCH3 is 1. The number of carbonyl (C=O) groups excluding carboxylic acids is 1. The van der Waals surface area contributed by atoms with E-state index in [1.54, 1.807) is 19.2 Å². The number of anilines is 1. The van der Waals surface area contributed by atoms with E-state index in [1.807, 2.05) is 41.8 Å². The Morgan fingerprint density at radius 1 is 1.17 bits per heavy atom. The zero-order valence-corrected chi connectivity index (χ0v) is 17.4. The summed E-state index contributed by atoms with van der Waals surface area (Å²) in [7, 11) is 1.56. The van der Waals surface area contributed by atoms with E-state index in [-0.39, 0.29) is 6.61 Å². The highest BCUT2D eigenvalue weighted by Gasteiger charge is 2.35. The molecule has 0 bridgehead atoms. The zero-order valence-electron chi connectivity index (χ0n) is 15.9. The Morgan fingerprint density at radius 2 is 1.97 bits per heavy atom. The van der Waals surface area contributed by atoms with Gasteiger partial charge < -0.3 is 14.8 Å². The maximum Gasteiger partial charge on any atom is 0.338 e. The van der Waals surface area contributed by atoms with Crippen molar-refractivity contribution in [3.05, 3.63) is 69.3 Å². The molecule has 0 aliphatic carbocycles. The maximum atomic E-state index is 13.0. The highest BCUT2D eigenvalue weighted by molar-refractivity contribution is 6.42. The van der Waals surface area contributed by atoms with Crippen LogP contribution in [0.5, 0.6) is 0 Å². The van der Waals surface area contributed by atoms with Gasteiger partial charge in [0.05, 0.1) is 39.3 Å². The molecule has 29 heavy (non-hydrogen) atoms. The second-order valence-corrected chi connectivity index (χ2v) is 7.48. The van der Waals surface area contributed by atoms with Gasteiger partial charge in [-0.2, -0.15) is 0 Å². The number of hydrogen-bond acceptors (Lipinski definition) is 5. The Kier molecular flexibility index (Phi) is 5.50. The van der Waals surface area contributed by atoms with Crippen molar-refractivity contribution in [3.8, 4) is 0 Å². The fourth-order valence-corrected chi connectivity index (χ4v) is 3.83. The number of imidazole rings is 1. The van der Waals surface area contributed by atoms with Crippen molar-refractivity contribution in [1.29, 1.82) is 0 Å². The molecule has 1 unspecified atom stereocenters. The fraction of sp³-hybridized carbons (Fsp3) is 0.238. The fourth-order valence-electron chi connectivity index (χ4n) is 3.52. The molecule has 0 saturated carbocycles. The van der Waals surface area contributed by atoms with Gasteiger partial charge in [-0.1, -0.05) is 41.4 Å². The van der Waals surface area contributed by atoms with E-state index in [0.29, 0.717) is 33.9 Å². The minimum atomic E-state index is -0.469. The molecule has 2 aromatic carbocycles. The summed E-state index contributed by atoms with van der Waals surface area (Å²) < 4.78 is 12.4. The molecular formula is C21H19Cl2N3O3. The van der Waals surface area contributed by atoms with Gasteiger partial charge in [0.1, 0.15) is 6.61 Å². The van der Waals surface area contributed by atoms with Crippen molar-refractivity contribution in [2.75, 3.05) is 25.6 Å². The lowest BCUT2D eigenvalue weighted by Crippen LogP contribution is -2.29. The SMILES string of the molecule is COCCOC(=O)C1=C(C)Nc2nc3ccccc3n2C1c1ccc(Cl)c(Cl)c1. The summed E-state index contributed by atoms with van der Waals surface area (Å²) in [5, 5.41) is 4.10. The molecule has 1 aromatic heterocycles. The molecule has 6 nitrogen and oxygen atoms in total. The maximum absolute atomic E-state index is 13.0. The molecule has 150 valence electrons. The minimum absolute atomic E-state index is 0.164. The van der Waals surface area contributed by atoms with Crippen molar-refractivity contribution in [1.82, 2.24) is 9.55 Å². The molecule has 1 N–H and O–H groups in total. The highest BCUT2D eigenvalue weighted by atomic mass is 35.5. The number of esters is 1. The molecule has 1 aliphatic rings. The lowest BCUT2D eigenvalue weighted by Gasteiger charge is -2.30. The molecule has 2 heterocycles. The predicted molar refractivity (Wildman–Crippen MR) is 113 cm³/mol. The number of para-hydroxylation sites is 2. The van der Waals surface area contributed by atoms with Crippen LogP contribution in [0.1, 0.15) is 18.5 Å². The van der Waals surface area contributed by atoms with Gasteiger partial charge >= 0.3 is 5.97 Å². The number of hydrogen-bond donors (Lipinski definition) is 1. The molecule has 0 saturated heterocycles. The van der Waals surface area contributed by atoms with Crippen LogP contribution in [0, 0.1) is 0 Å². The van der Waals surface area contributed by atoms with E-state index in [2.05, 4.69) is 10.3 Å². The Morgan fingerprint density at radius 3 is 2.72 bits per heavy atom. The molecule has 1 atom stereocenters. The van der Waals surface area contributed by atoms with E-state index in [9.17, 15) is 4.79 Å². The third-order valence-corrected chi connectivity index (χ3v) is 5.57. The first-order valence-electron chi connectivity index (χ1n) is 9.07. The van der Waals surface area contributed by atoms with Crippen LogP contribution >= 0.6 is 23.2 Å². The van der Waals surface area contributed by atoms with Crippen LogP contribution in [0.4, 0.5) is 5.95 Å². The normalized spacial score (nSPS) is 15.9. The van der Waals surface area contributed by atoms with Crippen LogP contribution in [0.15, 0.2) is 53.7 Å². The molecule has 0 amide bonds. The largest absolute Gasteiger partial charge is 0.460 e. The molecule has 0 spiro atoms. The van der Waals surface area contributed by atoms with E-state index >= 15 is 0 Å². The van der Waals surface area contributed by atoms with Crippen LogP contribution in [0.25, 0.3) is 11.0 Å². The van der Waals surface area contributed by atoms with E-state index in [4.69, 9.17) is 32.7 Å². The zero-order chi connectivity index (χ0) is 20.5. The van der Waals surface area contributed by atoms with Crippen molar-refractivity contribution < 1.29 is 14.3 Å². The number of allylic oxidation sites excluding steroid dienone is 1. The number of nitrogens with zero attached hydrogens (tertiary/aromatic N) is 2. The Labute approximate surface area is 178 Å². The van der Waals surface area contributed by atoms with Gasteiger partial charge in [-0.25, -0.2) is 9.78 Å². The Bertz CT molecular complexity index is 1120. The second-order valence-electron chi connectivity index (χ2n) is 6.66. The lowest BCUT2D eigenvalue weighted by molar-refractivity contribution is -0.140. The van der Waals surface area contributed by atoms with Crippen LogP contribution in [-0.2, 0) is 14.3 Å². The number of carbonyl (C=O) groups is 1. The first-order chi connectivity index (χ1) is 14.0. The standard InChI is InChI=1S/C21H19Cl2N3O3/c1-12-18(20(27)29-10-9-28-2)19(13-7-8-14(22)15(23)11-13)26-17-6-4-3-5-16(17)25-21(26)24-12/h3-8,11,19H,9-10H2,1-2H3,(H,24,25). The quantitative estimate of drug-likeness (QED) is 0.463. The molecule has 3 aromatic rings. The van der Waals surface area contributed by atoms with Gasteiger partial charge in [0.25, 0.3) is 0 Å². The summed E-state index contributed by atoms with van der Waals surface area (Å²) in [6, 6.07) is 12.6. The van der Waals surface area contributed by atoms with Crippen LogP contribution < -0.4 is 5.32 Å². The summed E-state index contributed by atoms with van der Waals surface area (Å²) in [5.41, 5.74) is 3.67. The van der Waals surface area contributed by atoms with E-state index in [1.165, 1.54) is 0 Å². The third kappa shape index (κ3) is 3.59. The third-order valence-electron chi connectivity index (χ3n) is 4.83. The Balaban J connectivity index is 1.89. The summed E-state index contributed by atoms with van der Waals surface area (Å²) >= 11 is 12.4. The first-order valence-corrected chi connectivity index (χ1v) is 9.82. The topological polar surface area (TPSA) is 65.4 Å². The summed E-state index contributed by atoms with van der Waals surface area (Å²) in [6.45, 7) is 2.32. The lowest BCUT2D eigenvalue weighted by atomic mass is 9.95. The average Bonchev–Trinajstić information content (AvgIpc) is 3.07. The van der Waals surface area contributed by atoms with Gasteiger partial charge in [0.2, 0.25) is 5.95 Å². The predicted octanol–water partition coefficient (Wildman–Crippen LogP) is 4.82. The smallest absolute Gasteiger partial charge is 0.338 e. The summed E-state index contributed by atoms with van der Waals surface area (Å²) in [6.07, 6.45) is 0. The van der Waals surface area contributed by atoms with Gasteiger partial charge in [-0.15, -0.1) is 0 Å². The number of fused-ring (bicyclic) bond motifs is 3. The summed E-state index contributed by atoms with van der Waals surface area (Å²) in [4.78, 5) is 17.7. The van der Waals surface area contributed by atoms with Gasteiger partial charge in [0, 0.05) is 12.8 Å². The number of halogens is 2. The number of rotatable bonds is 5. The van der Waals surface area contributed by atoms with Crippen molar-refractivity contribution >= 4 is 46.2 Å². The molecular weight excluding hydrogens is 413 g/mol. The van der Waals surface area contributed by atoms with Crippen molar-refractivity contribution in [2.45, 2.75) is 13.0 Å². The minimum Gasteiger partial charge on any atom is -0.460 e.